The molecule has 10 heteroatoms. The van der Waals surface area contributed by atoms with Crippen molar-refractivity contribution in [3.05, 3.63) is 69.5 Å². The van der Waals surface area contributed by atoms with Crippen molar-refractivity contribution in [3.63, 3.8) is 0 Å². The van der Waals surface area contributed by atoms with Gasteiger partial charge in [0.25, 0.3) is 5.91 Å². The Morgan fingerprint density at radius 2 is 1.93 bits per heavy atom. The zero-order valence-electron chi connectivity index (χ0n) is 15.4. The molecule has 0 bridgehead atoms. The maximum Gasteiger partial charge on any atom is 0.267 e. The van der Waals surface area contributed by atoms with Crippen LogP contribution < -0.4 is 10.0 Å². The molecule has 0 aliphatic carbocycles. The third-order valence-corrected chi connectivity index (χ3v) is 7.68. The molecule has 0 unspecified atom stereocenters. The minimum Gasteiger partial charge on any atom is -0.321 e. The zero-order chi connectivity index (χ0) is 21.0. The number of sulfonamides is 1. The van der Waals surface area contributed by atoms with Gasteiger partial charge < -0.3 is 5.32 Å². The van der Waals surface area contributed by atoms with Crippen LogP contribution in [0.15, 0.2) is 49.1 Å². The van der Waals surface area contributed by atoms with Crippen LogP contribution in [0.4, 0.5) is 5.69 Å². The molecule has 0 saturated carbocycles. The Labute approximate surface area is 182 Å². The number of carbonyl (C=O) groups is 1. The summed E-state index contributed by atoms with van der Waals surface area (Å²) in [6.07, 6.45) is 1.48. The first-order chi connectivity index (χ1) is 13.8. The molecule has 6 nitrogen and oxygen atoms in total. The molecule has 1 aromatic carbocycles. The first kappa shape index (κ1) is 21.7. The molecule has 1 amide bonds. The van der Waals surface area contributed by atoms with Crippen LogP contribution in [0.25, 0.3) is 9.88 Å². The highest BCUT2D eigenvalue weighted by Crippen LogP contribution is 2.35. The molecule has 2 heterocycles. The second-order valence-corrected chi connectivity index (χ2v) is 10.6. The van der Waals surface area contributed by atoms with Crippen molar-refractivity contribution in [3.8, 4) is 9.88 Å². The monoisotopic (exact) mass is 467 g/mol. The van der Waals surface area contributed by atoms with E-state index in [1.807, 2.05) is 6.07 Å². The summed E-state index contributed by atoms with van der Waals surface area (Å²) < 4.78 is 26.9. The minimum absolute atomic E-state index is 0.143. The molecule has 0 radical (unpaired) electrons. The van der Waals surface area contributed by atoms with Crippen molar-refractivity contribution in [2.45, 2.75) is 12.7 Å². The number of thiophene rings is 1. The van der Waals surface area contributed by atoms with Gasteiger partial charge in [0.1, 0.15) is 9.88 Å². The topological polar surface area (TPSA) is 88.2 Å². The minimum atomic E-state index is -3.43. The van der Waals surface area contributed by atoms with Crippen LogP contribution in [-0.2, 0) is 15.8 Å². The Bertz CT molecular complexity index is 1140. The number of benzene rings is 1. The normalized spacial score (nSPS) is 11.4. The highest BCUT2D eigenvalue weighted by Gasteiger charge is 2.17. The maximum atomic E-state index is 12.6. The lowest BCUT2D eigenvalue weighted by Crippen LogP contribution is -2.25. The van der Waals surface area contributed by atoms with E-state index in [1.165, 1.54) is 28.7 Å². The van der Waals surface area contributed by atoms with Crippen LogP contribution in [0.3, 0.4) is 0 Å². The number of halogens is 1. The van der Waals surface area contributed by atoms with Gasteiger partial charge in [0.15, 0.2) is 0 Å². The van der Waals surface area contributed by atoms with E-state index in [-0.39, 0.29) is 18.2 Å². The fourth-order valence-corrected chi connectivity index (χ4v) is 5.63. The number of amides is 1. The van der Waals surface area contributed by atoms with Crippen LogP contribution >= 0.6 is 34.3 Å². The van der Waals surface area contributed by atoms with Gasteiger partial charge in [-0.1, -0.05) is 29.8 Å². The number of nitrogens with zero attached hydrogens (tertiary/aromatic N) is 1. The Morgan fingerprint density at radius 3 is 2.55 bits per heavy atom. The molecule has 0 atom stereocenters. The number of hydrogen-bond donors (Lipinski definition) is 2. The standard InChI is InChI=1S/C19H18ClN3O3S3/c1-3-10-21-29(25,26)11-13-4-6-14(7-5-13)23-18(24)17-12(2)22-19(28-17)15-8-9-16(20)27-15/h3-9,21H,1,10-11H2,2H3,(H,23,24). The van der Waals surface area contributed by atoms with Gasteiger partial charge in [-0.2, -0.15) is 0 Å². The number of hydrogen-bond acceptors (Lipinski definition) is 6. The molecule has 3 aromatic rings. The predicted molar refractivity (Wildman–Crippen MR) is 120 cm³/mol. The fourth-order valence-electron chi connectivity index (χ4n) is 2.47. The van der Waals surface area contributed by atoms with Gasteiger partial charge in [-0.25, -0.2) is 18.1 Å². The van der Waals surface area contributed by atoms with Crippen LogP contribution in [0.1, 0.15) is 20.9 Å². The number of carbonyl (C=O) groups excluding carboxylic acids is 1. The van der Waals surface area contributed by atoms with E-state index >= 15 is 0 Å². The Hall–Kier alpha value is -2.04. The third kappa shape index (κ3) is 5.74. The van der Waals surface area contributed by atoms with Crippen LogP contribution in [0.5, 0.6) is 0 Å². The number of nitrogens with one attached hydrogen (secondary N) is 2. The van der Waals surface area contributed by atoms with Crippen molar-refractivity contribution in [1.29, 1.82) is 0 Å². The average molecular weight is 468 g/mol. The Balaban J connectivity index is 1.68. The van der Waals surface area contributed by atoms with Crippen molar-refractivity contribution in [1.82, 2.24) is 9.71 Å². The van der Waals surface area contributed by atoms with E-state index in [1.54, 1.807) is 37.3 Å². The van der Waals surface area contributed by atoms with Crippen LogP contribution in [0, 0.1) is 6.92 Å². The molecule has 2 aromatic heterocycles. The fraction of sp³-hybridized carbons (Fsp3) is 0.158. The van der Waals surface area contributed by atoms with E-state index in [9.17, 15) is 13.2 Å². The average Bonchev–Trinajstić information content (AvgIpc) is 3.27. The molecular weight excluding hydrogens is 450 g/mol. The third-order valence-electron chi connectivity index (χ3n) is 3.80. The van der Waals surface area contributed by atoms with Gasteiger partial charge in [-0.3, -0.25) is 4.79 Å². The molecule has 0 fully saturated rings. The number of aryl methyl sites for hydroxylation is 1. The summed E-state index contributed by atoms with van der Waals surface area (Å²) >= 11 is 8.69. The van der Waals surface area contributed by atoms with E-state index in [4.69, 9.17) is 11.6 Å². The molecule has 0 spiro atoms. The van der Waals surface area contributed by atoms with E-state index < -0.39 is 10.0 Å². The lowest BCUT2D eigenvalue weighted by Gasteiger charge is -2.07. The van der Waals surface area contributed by atoms with Crippen molar-refractivity contribution in [2.75, 3.05) is 11.9 Å². The zero-order valence-corrected chi connectivity index (χ0v) is 18.6. The highest BCUT2D eigenvalue weighted by atomic mass is 35.5. The molecular formula is C19H18ClN3O3S3. The van der Waals surface area contributed by atoms with Gasteiger partial charge >= 0.3 is 0 Å². The quantitative estimate of drug-likeness (QED) is 0.470. The van der Waals surface area contributed by atoms with Crippen molar-refractivity contribution in [2.24, 2.45) is 0 Å². The van der Waals surface area contributed by atoms with Gasteiger partial charge in [-0.15, -0.1) is 29.3 Å². The smallest absolute Gasteiger partial charge is 0.267 e. The SMILES string of the molecule is C=CCNS(=O)(=O)Cc1ccc(NC(=O)c2sc(-c3ccc(Cl)s3)nc2C)cc1. The molecule has 2 N–H and O–H groups in total. The molecule has 0 saturated heterocycles. The first-order valence-electron chi connectivity index (χ1n) is 8.49. The lowest BCUT2D eigenvalue weighted by atomic mass is 10.2. The highest BCUT2D eigenvalue weighted by molar-refractivity contribution is 7.88. The summed E-state index contributed by atoms with van der Waals surface area (Å²) in [6, 6.07) is 10.4. The van der Waals surface area contributed by atoms with Gasteiger partial charge in [0, 0.05) is 12.2 Å². The van der Waals surface area contributed by atoms with E-state index in [0.717, 1.165) is 9.88 Å². The second-order valence-electron chi connectivity index (χ2n) is 6.08. The summed E-state index contributed by atoms with van der Waals surface area (Å²) in [5.74, 6) is -0.405. The van der Waals surface area contributed by atoms with Gasteiger partial charge in [0.05, 0.1) is 20.7 Å². The number of rotatable bonds is 8. The Kier molecular flexibility index (Phi) is 6.86. The number of aromatic nitrogens is 1. The van der Waals surface area contributed by atoms with E-state index in [2.05, 4.69) is 21.6 Å². The summed E-state index contributed by atoms with van der Waals surface area (Å²) in [5.41, 5.74) is 1.83. The predicted octanol–water partition coefficient (Wildman–Crippen LogP) is 4.69. The van der Waals surface area contributed by atoms with E-state index in [0.29, 0.717) is 26.2 Å². The van der Waals surface area contributed by atoms with Crippen molar-refractivity contribution >= 4 is 55.9 Å². The van der Waals surface area contributed by atoms with Crippen molar-refractivity contribution < 1.29 is 13.2 Å². The number of anilines is 1. The summed E-state index contributed by atoms with van der Waals surface area (Å²) in [5, 5.41) is 3.57. The summed E-state index contributed by atoms with van der Waals surface area (Å²) in [7, 11) is -3.43. The lowest BCUT2D eigenvalue weighted by molar-refractivity contribution is 0.103. The van der Waals surface area contributed by atoms with Crippen LogP contribution in [0.2, 0.25) is 4.34 Å². The number of thiazole rings is 1. The second kappa shape index (κ2) is 9.19. The molecule has 152 valence electrons. The first-order valence-corrected chi connectivity index (χ1v) is 12.2. The molecule has 0 aliphatic heterocycles. The Morgan fingerprint density at radius 1 is 1.21 bits per heavy atom. The van der Waals surface area contributed by atoms with Crippen LogP contribution in [-0.4, -0.2) is 25.9 Å². The molecule has 0 aliphatic rings. The summed E-state index contributed by atoms with van der Waals surface area (Å²) in [4.78, 5) is 18.5. The maximum absolute atomic E-state index is 12.6. The molecule has 29 heavy (non-hydrogen) atoms. The van der Waals surface area contributed by atoms with Gasteiger partial charge in [-0.05, 0) is 36.8 Å². The summed E-state index contributed by atoms with van der Waals surface area (Å²) in [6.45, 7) is 5.46. The largest absolute Gasteiger partial charge is 0.321 e. The molecule has 3 rings (SSSR count). The van der Waals surface area contributed by atoms with Gasteiger partial charge in [0.2, 0.25) is 10.0 Å².